The van der Waals surface area contributed by atoms with E-state index < -0.39 is 6.04 Å². The summed E-state index contributed by atoms with van der Waals surface area (Å²) in [4.78, 5) is 12.4. The molecule has 2 aliphatic heterocycles. The molecule has 7 rings (SSSR count). The Bertz CT molecular complexity index is 1890. The number of phenolic OH excluding ortho intramolecular Hbond substituents is 2. The average Bonchev–Trinajstić information content (AvgIpc) is 3.32. The number of hydrogen-bond donors (Lipinski definition) is 3. The third-order valence-electron chi connectivity index (χ3n) is 7.72. The molecule has 3 N–H and O–H groups in total. The number of benzene rings is 4. The standard InChI is InChI=1S/C33H28N6O2/c1-19-13-15-23(17-20(19)2)34-31-33-36-32-29(21(3)37-39(32)24-9-5-4-6-10-24)30(22-14-16-27(40)28(41)18-22)38(33)26-12-8-7-11-25(26)35-31/h4-18,30,40-41H,1-3H3,(H,34,35)/t30-/m1/s1. The highest BCUT2D eigenvalue weighted by Crippen LogP contribution is 2.49. The third-order valence-corrected chi connectivity index (χ3v) is 7.72. The van der Waals surface area contributed by atoms with Crippen molar-refractivity contribution in [1.29, 1.82) is 0 Å². The van der Waals surface area contributed by atoms with E-state index in [-0.39, 0.29) is 11.5 Å². The van der Waals surface area contributed by atoms with Crippen LogP contribution in [0.3, 0.4) is 0 Å². The fraction of sp³-hybridized carbons (Fsp3) is 0.121. The summed E-state index contributed by atoms with van der Waals surface area (Å²) in [6, 6.07) is 28.6. The van der Waals surface area contributed by atoms with Crippen LogP contribution in [0.25, 0.3) is 5.69 Å². The van der Waals surface area contributed by atoms with E-state index in [1.807, 2.05) is 78.3 Å². The topological polar surface area (TPSA) is 98.3 Å². The van der Waals surface area contributed by atoms with E-state index in [0.717, 1.165) is 39.6 Å². The zero-order valence-corrected chi connectivity index (χ0v) is 22.9. The minimum absolute atomic E-state index is 0.173. The number of para-hydroxylation sites is 3. The normalized spacial score (nSPS) is 15.4. The molecule has 1 aromatic heterocycles. The van der Waals surface area contributed by atoms with Gasteiger partial charge in [0.1, 0.15) is 0 Å². The summed E-state index contributed by atoms with van der Waals surface area (Å²) in [5.41, 5.74) is 8.36. The third kappa shape index (κ3) is 4.03. The Morgan fingerprint density at radius 3 is 2.32 bits per heavy atom. The second kappa shape index (κ2) is 9.38. The van der Waals surface area contributed by atoms with Gasteiger partial charge in [0, 0.05) is 11.3 Å². The summed E-state index contributed by atoms with van der Waals surface area (Å²) in [6.45, 7) is 6.15. The van der Waals surface area contributed by atoms with Crippen molar-refractivity contribution in [3.05, 3.63) is 119 Å². The van der Waals surface area contributed by atoms with E-state index in [4.69, 9.17) is 15.1 Å². The van der Waals surface area contributed by atoms with E-state index in [0.29, 0.717) is 17.5 Å². The number of aromatic hydroxyl groups is 2. The zero-order valence-electron chi connectivity index (χ0n) is 22.9. The van der Waals surface area contributed by atoms with Crippen LogP contribution in [-0.2, 0) is 0 Å². The first kappa shape index (κ1) is 24.7. The molecule has 0 saturated heterocycles. The van der Waals surface area contributed by atoms with E-state index in [9.17, 15) is 10.2 Å². The van der Waals surface area contributed by atoms with Gasteiger partial charge in [0.15, 0.2) is 29.0 Å². The van der Waals surface area contributed by atoms with Crippen molar-refractivity contribution in [2.45, 2.75) is 26.8 Å². The molecule has 0 radical (unpaired) electrons. The van der Waals surface area contributed by atoms with Crippen LogP contribution in [-0.4, -0.2) is 31.7 Å². The molecule has 0 amide bonds. The smallest absolute Gasteiger partial charge is 0.179 e. The molecule has 8 heteroatoms. The Morgan fingerprint density at radius 2 is 1.54 bits per heavy atom. The molecule has 0 unspecified atom stereocenters. The number of hydrogen-bond acceptors (Lipinski definition) is 7. The number of fused-ring (bicyclic) bond motifs is 4. The Labute approximate surface area is 237 Å². The summed E-state index contributed by atoms with van der Waals surface area (Å²) in [5, 5.41) is 29.2. The highest BCUT2D eigenvalue weighted by Gasteiger charge is 2.41. The van der Waals surface area contributed by atoms with Gasteiger partial charge in [0.05, 0.1) is 28.8 Å². The SMILES string of the molecule is Cc1ccc(NC2=Nc3ccccc3N3C2=Nc2c(c(C)nn2-c2ccccc2)[C@H]3c2ccc(O)c(O)c2)cc1C. The fourth-order valence-corrected chi connectivity index (χ4v) is 5.53. The highest BCUT2D eigenvalue weighted by molar-refractivity contribution is 6.51. The van der Waals surface area contributed by atoms with Crippen molar-refractivity contribution in [2.75, 3.05) is 10.2 Å². The predicted octanol–water partition coefficient (Wildman–Crippen LogP) is 7.00. The molecule has 1 atom stereocenters. The van der Waals surface area contributed by atoms with Crippen molar-refractivity contribution >= 4 is 34.6 Å². The van der Waals surface area contributed by atoms with Crippen LogP contribution < -0.4 is 10.2 Å². The van der Waals surface area contributed by atoms with Gasteiger partial charge in [-0.2, -0.15) is 5.10 Å². The van der Waals surface area contributed by atoms with Crippen LogP contribution in [0.4, 0.5) is 22.9 Å². The molecular formula is C33H28N6O2. The predicted molar refractivity (Wildman–Crippen MR) is 163 cm³/mol. The van der Waals surface area contributed by atoms with Crippen LogP contribution in [0.1, 0.15) is 34.0 Å². The summed E-state index contributed by atoms with van der Waals surface area (Å²) in [7, 11) is 0. The van der Waals surface area contributed by atoms with Gasteiger partial charge in [-0.15, -0.1) is 0 Å². The minimum Gasteiger partial charge on any atom is -0.504 e. The lowest BCUT2D eigenvalue weighted by molar-refractivity contribution is 0.403. The van der Waals surface area contributed by atoms with Gasteiger partial charge < -0.3 is 20.4 Å². The van der Waals surface area contributed by atoms with Crippen molar-refractivity contribution in [3.8, 4) is 17.2 Å². The largest absolute Gasteiger partial charge is 0.504 e. The molecule has 0 saturated carbocycles. The number of amidine groups is 2. The first-order valence-electron chi connectivity index (χ1n) is 13.5. The lowest BCUT2D eigenvalue weighted by atomic mass is 9.93. The Morgan fingerprint density at radius 1 is 0.756 bits per heavy atom. The van der Waals surface area contributed by atoms with Crippen LogP contribution >= 0.6 is 0 Å². The number of anilines is 2. The quantitative estimate of drug-likeness (QED) is 0.214. The average molecular weight is 541 g/mol. The molecular weight excluding hydrogens is 512 g/mol. The van der Waals surface area contributed by atoms with Gasteiger partial charge in [-0.05, 0) is 86.0 Å². The number of nitrogens with zero attached hydrogens (tertiary/aromatic N) is 5. The van der Waals surface area contributed by atoms with E-state index in [2.05, 4.69) is 36.2 Å². The number of nitrogens with one attached hydrogen (secondary N) is 1. The number of aromatic nitrogens is 2. The van der Waals surface area contributed by atoms with Crippen LogP contribution in [0.15, 0.2) is 101 Å². The molecule has 0 fully saturated rings. The summed E-state index contributed by atoms with van der Waals surface area (Å²) >= 11 is 0. The second-order valence-corrected chi connectivity index (χ2v) is 10.4. The second-order valence-electron chi connectivity index (χ2n) is 10.4. The Kier molecular flexibility index (Phi) is 5.64. The van der Waals surface area contributed by atoms with Crippen LogP contribution in [0.5, 0.6) is 11.5 Å². The molecule has 202 valence electrons. The summed E-state index contributed by atoms with van der Waals surface area (Å²) in [5.74, 6) is 1.56. The number of aryl methyl sites for hydroxylation is 3. The van der Waals surface area contributed by atoms with Crippen molar-refractivity contribution in [2.24, 2.45) is 9.98 Å². The lowest BCUT2D eigenvalue weighted by Crippen LogP contribution is -2.46. The Hall–Kier alpha value is -5.37. The van der Waals surface area contributed by atoms with E-state index >= 15 is 0 Å². The van der Waals surface area contributed by atoms with Crippen molar-refractivity contribution < 1.29 is 10.2 Å². The number of phenols is 2. The first-order chi connectivity index (χ1) is 19.9. The van der Waals surface area contributed by atoms with Gasteiger partial charge in [-0.25, -0.2) is 14.7 Å². The zero-order chi connectivity index (χ0) is 28.2. The molecule has 41 heavy (non-hydrogen) atoms. The van der Waals surface area contributed by atoms with Gasteiger partial charge in [-0.3, -0.25) is 0 Å². The van der Waals surface area contributed by atoms with Gasteiger partial charge in [0.25, 0.3) is 0 Å². The number of rotatable bonds is 3. The minimum atomic E-state index is -0.408. The van der Waals surface area contributed by atoms with Crippen molar-refractivity contribution in [3.63, 3.8) is 0 Å². The summed E-state index contributed by atoms with van der Waals surface area (Å²) in [6.07, 6.45) is 0. The molecule has 5 aromatic rings. The van der Waals surface area contributed by atoms with E-state index in [1.165, 1.54) is 17.2 Å². The fourth-order valence-electron chi connectivity index (χ4n) is 5.53. The van der Waals surface area contributed by atoms with E-state index in [1.54, 1.807) is 6.07 Å². The monoisotopic (exact) mass is 540 g/mol. The number of aliphatic imine (C=N–C) groups is 2. The molecule has 0 bridgehead atoms. The molecule has 3 heterocycles. The van der Waals surface area contributed by atoms with Crippen molar-refractivity contribution in [1.82, 2.24) is 9.78 Å². The van der Waals surface area contributed by atoms with Crippen LogP contribution in [0.2, 0.25) is 0 Å². The lowest BCUT2D eigenvalue weighted by Gasteiger charge is -2.40. The maximum absolute atomic E-state index is 10.6. The first-order valence-corrected chi connectivity index (χ1v) is 13.5. The molecule has 8 nitrogen and oxygen atoms in total. The van der Waals surface area contributed by atoms with Crippen LogP contribution in [0, 0.1) is 20.8 Å². The maximum atomic E-state index is 10.6. The van der Waals surface area contributed by atoms with Gasteiger partial charge >= 0.3 is 0 Å². The van der Waals surface area contributed by atoms with Gasteiger partial charge in [-0.1, -0.05) is 42.5 Å². The molecule has 2 aliphatic rings. The molecule has 4 aromatic carbocycles. The summed E-state index contributed by atoms with van der Waals surface area (Å²) < 4.78 is 1.86. The highest BCUT2D eigenvalue weighted by atomic mass is 16.3. The Balaban J connectivity index is 1.50. The molecule has 0 spiro atoms. The maximum Gasteiger partial charge on any atom is 0.179 e. The van der Waals surface area contributed by atoms with Gasteiger partial charge in [0.2, 0.25) is 0 Å². The molecule has 0 aliphatic carbocycles.